The Morgan fingerprint density at radius 3 is 2.74 bits per heavy atom. The van der Waals surface area contributed by atoms with Crippen molar-refractivity contribution in [2.75, 3.05) is 5.73 Å². The molecule has 0 aromatic carbocycles. The van der Waals surface area contributed by atoms with E-state index >= 15 is 0 Å². The molecule has 0 saturated heterocycles. The van der Waals surface area contributed by atoms with Gasteiger partial charge in [0.15, 0.2) is 11.6 Å². The van der Waals surface area contributed by atoms with E-state index in [4.69, 9.17) is 10.2 Å². The molecule has 2 unspecified atom stereocenters. The minimum absolute atomic E-state index is 0.541. The lowest BCUT2D eigenvalue weighted by atomic mass is 10.2. The quantitative estimate of drug-likeness (QED) is 0.916. The number of hydrogen-bond acceptors (Lipinski definition) is 4. The second-order valence-electron chi connectivity index (χ2n) is 5.38. The highest BCUT2D eigenvalue weighted by Gasteiger charge is 2.36. The van der Waals surface area contributed by atoms with Crippen LogP contribution in [0.1, 0.15) is 43.2 Å². The zero-order valence-electron chi connectivity index (χ0n) is 11.6. The van der Waals surface area contributed by atoms with Crippen LogP contribution in [0.2, 0.25) is 0 Å². The van der Waals surface area contributed by atoms with Crippen molar-refractivity contribution in [3.63, 3.8) is 0 Å². The minimum atomic E-state index is 0.541. The first-order valence-electron chi connectivity index (χ1n) is 6.83. The van der Waals surface area contributed by atoms with Crippen LogP contribution in [0.25, 0.3) is 11.6 Å². The third-order valence-electron chi connectivity index (χ3n) is 3.94. The van der Waals surface area contributed by atoms with E-state index in [0.717, 1.165) is 35.1 Å². The third-order valence-corrected chi connectivity index (χ3v) is 3.94. The van der Waals surface area contributed by atoms with Crippen molar-refractivity contribution in [3.05, 3.63) is 29.2 Å². The smallest absolute Gasteiger partial charge is 0.197 e. The molecule has 0 aliphatic heterocycles. The second-order valence-corrected chi connectivity index (χ2v) is 5.38. The number of furan rings is 1. The summed E-state index contributed by atoms with van der Waals surface area (Å²) in [6, 6.07) is 3.98. The Morgan fingerprint density at radius 2 is 2.11 bits per heavy atom. The molecule has 1 saturated carbocycles. The van der Waals surface area contributed by atoms with Gasteiger partial charge in [0, 0.05) is 17.2 Å². The molecule has 2 aromatic rings. The van der Waals surface area contributed by atoms with Gasteiger partial charge in [-0.3, -0.25) is 0 Å². The number of nitrogen functional groups attached to an aromatic ring is 1. The van der Waals surface area contributed by atoms with Crippen LogP contribution in [0.15, 0.2) is 16.5 Å². The molecule has 0 amide bonds. The molecule has 0 bridgehead atoms. The summed E-state index contributed by atoms with van der Waals surface area (Å²) in [6.45, 7) is 6.26. The first-order chi connectivity index (χ1) is 9.10. The molecule has 2 atom stereocenters. The summed E-state index contributed by atoms with van der Waals surface area (Å²) in [5.41, 5.74) is 7.90. The maximum absolute atomic E-state index is 5.94. The Labute approximate surface area is 113 Å². The number of aryl methyl sites for hydroxylation is 1. The molecule has 1 aliphatic carbocycles. The fraction of sp³-hybridized carbons (Fsp3) is 0.467. The molecular weight excluding hydrogens is 238 g/mol. The van der Waals surface area contributed by atoms with E-state index in [-0.39, 0.29) is 0 Å². The molecule has 1 fully saturated rings. The SMILES string of the molecule is CCc1nc(-c2ccc(C3CC3C)o2)nc(N)c1C. The average molecular weight is 257 g/mol. The van der Waals surface area contributed by atoms with Gasteiger partial charge >= 0.3 is 0 Å². The normalized spacial score (nSPS) is 21.6. The Bertz CT molecular complexity index is 618. The highest BCUT2D eigenvalue weighted by molar-refractivity contribution is 5.54. The summed E-state index contributed by atoms with van der Waals surface area (Å²) in [5.74, 6) is 4.20. The van der Waals surface area contributed by atoms with Crippen LogP contribution in [0, 0.1) is 12.8 Å². The molecule has 2 aromatic heterocycles. The predicted molar refractivity (Wildman–Crippen MR) is 74.8 cm³/mol. The highest BCUT2D eigenvalue weighted by atomic mass is 16.3. The molecule has 4 nitrogen and oxygen atoms in total. The maximum Gasteiger partial charge on any atom is 0.197 e. The average Bonchev–Trinajstić information content (AvgIpc) is 2.93. The van der Waals surface area contributed by atoms with Gasteiger partial charge in [0.05, 0.1) is 0 Å². The Morgan fingerprint density at radius 1 is 1.37 bits per heavy atom. The molecule has 2 heterocycles. The van der Waals surface area contributed by atoms with Gasteiger partial charge < -0.3 is 10.2 Å². The third kappa shape index (κ3) is 2.11. The van der Waals surface area contributed by atoms with Gasteiger partial charge in [0.1, 0.15) is 11.6 Å². The second kappa shape index (κ2) is 4.37. The topological polar surface area (TPSA) is 64.9 Å². The summed E-state index contributed by atoms with van der Waals surface area (Å²) < 4.78 is 5.88. The fourth-order valence-corrected chi connectivity index (χ4v) is 2.43. The molecule has 4 heteroatoms. The standard InChI is InChI=1S/C15H19N3O/c1-4-11-9(3)14(16)18-15(17-11)13-6-5-12(19-13)10-7-8(10)2/h5-6,8,10H,4,7H2,1-3H3,(H2,16,17,18). The Balaban J connectivity index is 1.97. The van der Waals surface area contributed by atoms with Crippen molar-refractivity contribution in [1.29, 1.82) is 0 Å². The molecular formula is C15H19N3O. The van der Waals surface area contributed by atoms with Gasteiger partial charge in [-0.2, -0.15) is 0 Å². The zero-order chi connectivity index (χ0) is 13.6. The molecule has 0 radical (unpaired) electrons. The van der Waals surface area contributed by atoms with Gasteiger partial charge in [0.2, 0.25) is 0 Å². The number of aromatic nitrogens is 2. The van der Waals surface area contributed by atoms with Crippen molar-refractivity contribution >= 4 is 5.82 Å². The van der Waals surface area contributed by atoms with E-state index < -0.39 is 0 Å². The van der Waals surface area contributed by atoms with Crippen molar-refractivity contribution in [3.8, 4) is 11.6 Å². The van der Waals surface area contributed by atoms with Crippen LogP contribution < -0.4 is 5.73 Å². The molecule has 2 N–H and O–H groups in total. The van der Waals surface area contributed by atoms with Gasteiger partial charge in [0.25, 0.3) is 0 Å². The Kier molecular flexibility index (Phi) is 2.81. The highest BCUT2D eigenvalue weighted by Crippen LogP contribution is 2.47. The van der Waals surface area contributed by atoms with Crippen molar-refractivity contribution in [1.82, 2.24) is 9.97 Å². The van der Waals surface area contributed by atoms with E-state index in [2.05, 4.69) is 23.8 Å². The molecule has 1 aliphatic rings. The molecule has 0 spiro atoms. The zero-order valence-corrected chi connectivity index (χ0v) is 11.6. The number of nitrogens with zero attached hydrogens (tertiary/aromatic N) is 2. The summed E-state index contributed by atoms with van der Waals surface area (Å²) in [5, 5.41) is 0. The lowest BCUT2D eigenvalue weighted by molar-refractivity contribution is 0.514. The van der Waals surface area contributed by atoms with Crippen molar-refractivity contribution in [2.45, 2.75) is 39.5 Å². The van der Waals surface area contributed by atoms with E-state index in [0.29, 0.717) is 17.6 Å². The molecule has 100 valence electrons. The monoisotopic (exact) mass is 257 g/mol. The Hall–Kier alpha value is -1.84. The van der Waals surface area contributed by atoms with E-state index in [1.165, 1.54) is 6.42 Å². The number of nitrogens with two attached hydrogens (primary N) is 1. The van der Waals surface area contributed by atoms with Gasteiger partial charge in [-0.15, -0.1) is 0 Å². The van der Waals surface area contributed by atoms with Crippen molar-refractivity contribution < 1.29 is 4.42 Å². The largest absolute Gasteiger partial charge is 0.457 e. The van der Waals surface area contributed by atoms with Crippen LogP contribution in [0.4, 0.5) is 5.82 Å². The number of hydrogen-bond donors (Lipinski definition) is 1. The van der Waals surface area contributed by atoms with E-state index in [1.54, 1.807) is 0 Å². The minimum Gasteiger partial charge on any atom is -0.457 e. The molecule has 19 heavy (non-hydrogen) atoms. The summed E-state index contributed by atoms with van der Waals surface area (Å²) in [4.78, 5) is 8.89. The maximum atomic E-state index is 5.94. The van der Waals surface area contributed by atoms with Crippen LogP contribution >= 0.6 is 0 Å². The number of rotatable bonds is 3. The van der Waals surface area contributed by atoms with Crippen LogP contribution in [0.5, 0.6) is 0 Å². The van der Waals surface area contributed by atoms with Crippen LogP contribution in [0.3, 0.4) is 0 Å². The summed E-state index contributed by atoms with van der Waals surface area (Å²) in [6.07, 6.45) is 2.06. The lowest BCUT2D eigenvalue weighted by Crippen LogP contribution is -2.03. The number of anilines is 1. The summed E-state index contributed by atoms with van der Waals surface area (Å²) >= 11 is 0. The molecule has 3 rings (SSSR count). The predicted octanol–water partition coefficient (Wildman–Crippen LogP) is 3.31. The van der Waals surface area contributed by atoms with Gasteiger partial charge in [-0.05, 0) is 37.8 Å². The fourth-order valence-electron chi connectivity index (χ4n) is 2.43. The van der Waals surface area contributed by atoms with E-state index in [1.807, 2.05) is 19.1 Å². The van der Waals surface area contributed by atoms with Crippen LogP contribution in [-0.4, -0.2) is 9.97 Å². The van der Waals surface area contributed by atoms with Crippen LogP contribution in [-0.2, 0) is 6.42 Å². The van der Waals surface area contributed by atoms with Gasteiger partial charge in [-0.1, -0.05) is 13.8 Å². The first-order valence-corrected chi connectivity index (χ1v) is 6.83. The van der Waals surface area contributed by atoms with Gasteiger partial charge in [-0.25, -0.2) is 9.97 Å². The first kappa shape index (κ1) is 12.2. The lowest BCUT2D eigenvalue weighted by Gasteiger charge is -2.06. The summed E-state index contributed by atoms with van der Waals surface area (Å²) in [7, 11) is 0. The van der Waals surface area contributed by atoms with Crippen molar-refractivity contribution in [2.24, 2.45) is 5.92 Å². The van der Waals surface area contributed by atoms with E-state index in [9.17, 15) is 0 Å².